The number of hydrogen-bond donors (Lipinski definition) is 3. The molecule has 24 heavy (non-hydrogen) atoms. The summed E-state index contributed by atoms with van der Waals surface area (Å²) in [6.45, 7) is 6.07. The molecule has 0 fully saturated rings. The second-order valence-corrected chi connectivity index (χ2v) is 6.52. The monoisotopic (exact) mass is 339 g/mol. The van der Waals surface area contributed by atoms with E-state index in [1.807, 2.05) is 20.8 Å². The number of hydrogen-bond acceptors (Lipinski definition) is 6. The van der Waals surface area contributed by atoms with Crippen molar-refractivity contribution in [2.75, 3.05) is 0 Å². The Hall–Kier alpha value is -1.11. The second-order valence-electron chi connectivity index (χ2n) is 6.52. The molecule has 3 unspecified atom stereocenters. The van der Waals surface area contributed by atoms with E-state index in [2.05, 4.69) is 15.0 Å². The van der Waals surface area contributed by atoms with Crippen LogP contribution in [0.5, 0.6) is 0 Å². The highest BCUT2D eigenvalue weighted by Crippen LogP contribution is 2.10. The third-order valence-corrected chi connectivity index (χ3v) is 3.89. The molecule has 0 aliphatic rings. The predicted molar refractivity (Wildman–Crippen MR) is 93.7 cm³/mol. The highest BCUT2D eigenvalue weighted by molar-refractivity contribution is 5.01. The van der Waals surface area contributed by atoms with Crippen molar-refractivity contribution >= 4 is 0 Å². The summed E-state index contributed by atoms with van der Waals surface area (Å²) >= 11 is 0. The zero-order chi connectivity index (χ0) is 17.9. The number of aliphatic hydroxyl groups is 3. The molecule has 1 rings (SSSR count). The molecule has 0 radical (unpaired) electrons. The highest BCUT2D eigenvalue weighted by Gasteiger charge is 2.15. The van der Waals surface area contributed by atoms with Gasteiger partial charge in [-0.2, -0.15) is 0 Å². The van der Waals surface area contributed by atoms with E-state index >= 15 is 0 Å². The predicted octanol–water partition coefficient (Wildman–Crippen LogP) is 1.98. The van der Waals surface area contributed by atoms with E-state index in [-0.39, 0.29) is 0 Å². The third kappa shape index (κ3) is 8.13. The van der Waals surface area contributed by atoms with Gasteiger partial charge in [-0.05, 0) is 19.3 Å². The van der Waals surface area contributed by atoms with Crippen LogP contribution in [0, 0.1) is 0 Å². The fourth-order valence-corrected chi connectivity index (χ4v) is 2.73. The van der Waals surface area contributed by atoms with Gasteiger partial charge in [-0.15, -0.1) is 0 Å². The lowest BCUT2D eigenvalue weighted by Crippen LogP contribution is -2.20. The Bertz CT molecular complexity index is 392. The third-order valence-electron chi connectivity index (χ3n) is 3.89. The number of aliphatic hydroxyl groups excluding tert-OH is 3. The lowest BCUT2D eigenvalue weighted by molar-refractivity contribution is 0.155. The minimum atomic E-state index is -0.473. The van der Waals surface area contributed by atoms with Crippen molar-refractivity contribution < 1.29 is 15.3 Å². The molecule has 0 saturated carbocycles. The van der Waals surface area contributed by atoms with Crippen molar-refractivity contribution in [2.24, 2.45) is 0 Å². The molecule has 0 spiro atoms. The molecule has 3 N–H and O–H groups in total. The van der Waals surface area contributed by atoms with Crippen molar-refractivity contribution in [1.29, 1.82) is 0 Å². The van der Waals surface area contributed by atoms with Crippen LogP contribution in [0.4, 0.5) is 0 Å². The van der Waals surface area contributed by atoms with E-state index in [9.17, 15) is 15.3 Å². The maximum Gasteiger partial charge on any atom is 0.135 e. The summed E-state index contributed by atoms with van der Waals surface area (Å²) in [6.07, 6.45) is 4.52. The fraction of sp³-hybridized carbons (Fsp3) is 0.833. The lowest BCUT2D eigenvalue weighted by atomic mass is 10.1. The van der Waals surface area contributed by atoms with Gasteiger partial charge in [0.2, 0.25) is 0 Å². The molecular formula is C18H33N3O3. The van der Waals surface area contributed by atoms with Gasteiger partial charge in [0.25, 0.3) is 0 Å². The van der Waals surface area contributed by atoms with Gasteiger partial charge in [0, 0.05) is 19.3 Å². The van der Waals surface area contributed by atoms with Crippen molar-refractivity contribution in [1.82, 2.24) is 15.0 Å². The fourth-order valence-electron chi connectivity index (χ4n) is 2.73. The van der Waals surface area contributed by atoms with Crippen LogP contribution >= 0.6 is 0 Å². The minimum Gasteiger partial charge on any atom is -0.393 e. The zero-order valence-corrected chi connectivity index (χ0v) is 15.3. The van der Waals surface area contributed by atoms with Crippen LogP contribution in [0.2, 0.25) is 0 Å². The SMILES string of the molecule is CCCC(O)Cc1nc(CC(O)CCC)nc(CC(O)CCC)n1. The van der Waals surface area contributed by atoms with Crippen molar-refractivity contribution in [3.63, 3.8) is 0 Å². The molecule has 138 valence electrons. The van der Waals surface area contributed by atoms with Gasteiger partial charge in [0.1, 0.15) is 17.5 Å². The molecular weight excluding hydrogens is 306 g/mol. The van der Waals surface area contributed by atoms with Gasteiger partial charge in [0.15, 0.2) is 0 Å². The van der Waals surface area contributed by atoms with Crippen molar-refractivity contribution in [2.45, 2.75) is 96.9 Å². The molecule has 0 amide bonds. The number of nitrogens with zero attached hydrogens (tertiary/aromatic N) is 3. The molecule has 6 heteroatoms. The van der Waals surface area contributed by atoms with Gasteiger partial charge in [0.05, 0.1) is 18.3 Å². The first-order valence-corrected chi connectivity index (χ1v) is 9.25. The quantitative estimate of drug-likeness (QED) is 0.538. The summed E-state index contributed by atoms with van der Waals surface area (Å²) in [4.78, 5) is 13.2. The Morgan fingerprint density at radius 2 is 0.833 bits per heavy atom. The number of rotatable bonds is 12. The van der Waals surface area contributed by atoms with Gasteiger partial charge in [-0.1, -0.05) is 40.0 Å². The Labute approximate surface area is 145 Å². The summed E-state index contributed by atoms with van der Waals surface area (Å²) in [5, 5.41) is 30.1. The number of aromatic nitrogens is 3. The molecule has 1 aromatic rings. The summed E-state index contributed by atoms with van der Waals surface area (Å²) in [6, 6.07) is 0. The molecule has 0 saturated heterocycles. The molecule has 1 heterocycles. The first kappa shape index (κ1) is 20.9. The van der Waals surface area contributed by atoms with Crippen LogP contribution in [-0.2, 0) is 19.3 Å². The van der Waals surface area contributed by atoms with Crippen LogP contribution in [-0.4, -0.2) is 48.6 Å². The molecule has 0 aromatic carbocycles. The van der Waals surface area contributed by atoms with Gasteiger partial charge in [-0.25, -0.2) is 15.0 Å². The Morgan fingerprint density at radius 1 is 0.583 bits per heavy atom. The van der Waals surface area contributed by atoms with E-state index in [4.69, 9.17) is 0 Å². The molecule has 0 bridgehead atoms. The van der Waals surface area contributed by atoms with E-state index < -0.39 is 18.3 Å². The van der Waals surface area contributed by atoms with Crippen LogP contribution < -0.4 is 0 Å². The molecule has 3 atom stereocenters. The normalized spacial score (nSPS) is 15.2. The maximum atomic E-state index is 10.0. The highest BCUT2D eigenvalue weighted by atomic mass is 16.3. The first-order valence-electron chi connectivity index (χ1n) is 9.25. The maximum absolute atomic E-state index is 10.0. The molecule has 0 aliphatic heterocycles. The average Bonchev–Trinajstić information content (AvgIpc) is 2.47. The summed E-state index contributed by atoms with van der Waals surface area (Å²) in [5.41, 5.74) is 0. The van der Waals surface area contributed by atoms with E-state index in [0.717, 1.165) is 19.3 Å². The summed E-state index contributed by atoms with van der Waals surface area (Å²) < 4.78 is 0. The van der Waals surface area contributed by atoms with Crippen LogP contribution in [0.1, 0.15) is 76.8 Å². The smallest absolute Gasteiger partial charge is 0.135 e. The summed E-state index contributed by atoms with van der Waals surface area (Å²) in [7, 11) is 0. The van der Waals surface area contributed by atoms with Crippen LogP contribution in [0.25, 0.3) is 0 Å². The van der Waals surface area contributed by atoms with Crippen LogP contribution in [0.3, 0.4) is 0 Å². The first-order chi connectivity index (χ1) is 11.5. The van der Waals surface area contributed by atoms with Gasteiger partial charge in [-0.3, -0.25) is 0 Å². The molecule has 6 nitrogen and oxygen atoms in total. The Balaban J connectivity index is 2.91. The van der Waals surface area contributed by atoms with Gasteiger partial charge >= 0.3 is 0 Å². The van der Waals surface area contributed by atoms with Crippen molar-refractivity contribution in [3.05, 3.63) is 17.5 Å². The summed E-state index contributed by atoms with van der Waals surface area (Å²) in [5.74, 6) is 1.63. The van der Waals surface area contributed by atoms with Crippen molar-refractivity contribution in [3.8, 4) is 0 Å². The van der Waals surface area contributed by atoms with Crippen LogP contribution in [0.15, 0.2) is 0 Å². The van der Waals surface area contributed by atoms with E-state index in [1.54, 1.807) is 0 Å². The van der Waals surface area contributed by atoms with E-state index in [1.165, 1.54) is 0 Å². The standard InChI is InChI=1S/C18H33N3O3/c1-4-7-13(22)10-16-19-17(11-14(23)8-5-2)21-18(20-16)12-15(24)9-6-3/h13-15,22-24H,4-12H2,1-3H3. The minimum absolute atomic E-state index is 0.379. The topological polar surface area (TPSA) is 99.4 Å². The van der Waals surface area contributed by atoms with Gasteiger partial charge < -0.3 is 15.3 Å². The molecule has 0 aliphatic carbocycles. The zero-order valence-electron chi connectivity index (χ0n) is 15.3. The molecule has 1 aromatic heterocycles. The Morgan fingerprint density at radius 3 is 1.04 bits per heavy atom. The lowest BCUT2D eigenvalue weighted by Gasteiger charge is -2.14. The average molecular weight is 339 g/mol. The second kappa shape index (κ2) is 11.4. The Kier molecular flexibility index (Phi) is 9.98. The van der Waals surface area contributed by atoms with E-state index in [0.29, 0.717) is 56.0 Å². The largest absolute Gasteiger partial charge is 0.393 e.